The second-order valence-electron chi connectivity index (χ2n) is 7.40. The Morgan fingerprint density at radius 1 is 1.19 bits per heavy atom. The monoisotopic (exact) mass is 383 g/mol. The Balaban J connectivity index is 1.39. The molecular weight excluding hydrogens is 358 g/mol. The van der Waals surface area contributed by atoms with Crippen molar-refractivity contribution in [3.8, 4) is 5.75 Å². The number of fused-ring (bicyclic) bond motifs is 1. The molecule has 1 saturated heterocycles. The van der Waals surface area contributed by atoms with Gasteiger partial charge in [-0.3, -0.25) is 14.1 Å². The summed E-state index contributed by atoms with van der Waals surface area (Å²) in [5, 5.41) is 1.98. The molecule has 0 unspecified atom stereocenters. The van der Waals surface area contributed by atoms with Gasteiger partial charge in [0.25, 0.3) is 5.56 Å². The van der Waals surface area contributed by atoms with Crippen molar-refractivity contribution in [1.82, 2.24) is 14.3 Å². The van der Waals surface area contributed by atoms with Crippen molar-refractivity contribution < 1.29 is 4.74 Å². The largest absolute Gasteiger partial charge is 0.490 e. The molecular formula is C21H25N3O2S. The van der Waals surface area contributed by atoms with Crippen LogP contribution in [0.25, 0.3) is 4.96 Å². The van der Waals surface area contributed by atoms with Gasteiger partial charge in [-0.15, -0.1) is 11.3 Å². The Labute approximate surface area is 163 Å². The molecule has 1 fully saturated rings. The van der Waals surface area contributed by atoms with Crippen molar-refractivity contribution in [3.63, 3.8) is 0 Å². The minimum absolute atomic E-state index is 0.0157. The summed E-state index contributed by atoms with van der Waals surface area (Å²) in [6.45, 7) is 8.78. The standard InChI is InChI=1S/C21H25N3O2S/c1-14-5-4-6-15(2)20(14)26-18-7-9-23(10-8-18)12-17-11-19(25)24-16(3)13-27-21(24)22-17/h4-6,11,13,18H,7-10,12H2,1-3H3. The minimum atomic E-state index is 0.0157. The molecule has 1 aliphatic rings. The Hall–Kier alpha value is -2.18. The zero-order chi connectivity index (χ0) is 19.0. The number of likely N-dealkylation sites (tertiary alicyclic amines) is 1. The molecule has 0 bridgehead atoms. The fraction of sp³-hybridized carbons (Fsp3) is 0.429. The molecule has 1 aromatic carbocycles. The number of piperidine rings is 1. The average Bonchev–Trinajstić information content (AvgIpc) is 3.01. The number of rotatable bonds is 4. The molecule has 3 heterocycles. The lowest BCUT2D eigenvalue weighted by Crippen LogP contribution is -2.38. The van der Waals surface area contributed by atoms with Crippen LogP contribution in [0.5, 0.6) is 5.75 Å². The van der Waals surface area contributed by atoms with E-state index < -0.39 is 0 Å². The highest BCUT2D eigenvalue weighted by Crippen LogP contribution is 2.26. The van der Waals surface area contributed by atoms with Crippen LogP contribution in [0.15, 0.2) is 34.4 Å². The van der Waals surface area contributed by atoms with Gasteiger partial charge in [0.05, 0.1) is 5.69 Å². The van der Waals surface area contributed by atoms with Crippen molar-refractivity contribution in [2.75, 3.05) is 13.1 Å². The molecule has 4 rings (SSSR count). The van der Waals surface area contributed by atoms with Crippen molar-refractivity contribution in [2.45, 2.75) is 46.3 Å². The molecule has 0 amide bonds. The summed E-state index contributed by atoms with van der Waals surface area (Å²) >= 11 is 1.52. The molecule has 1 aliphatic heterocycles. The molecule has 6 heteroatoms. The van der Waals surface area contributed by atoms with Crippen LogP contribution in [0.4, 0.5) is 0 Å². The smallest absolute Gasteiger partial charge is 0.259 e. The highest BCUT2D eigenvalue weighted by atomic mass is 32.1. The van der Waals surface area contributed by atoms with Crippen LogP contribution < -0.4 is 10.3 Å². The second-order valence-corrected chi connectivity index (χ2v) is 8.23. The van der Waals surface area contributed by atoms with Gasteiger partial charge in [-0.05, 0) is 44.7 Å². The molecule has 0 N–H and O–H groups in total. The number of aryl methyl sites for hydroxylation is 3. The molecule has 0 radical (unpaired) electrons. The molecule has 0 saturated carbocycles. The highest BCUT2D eigenvalue weighted by molar-refractivity contribution is 7.15. The van der Waals surface area contributed by atoms with Gasteiger partial charge in [0, 0.05) is 36.8 Å². The number of para-hydroxylation sites is 1. The predicted molar refractivity (Wildman–Crippen MR) is 109 cm³/mol. The van der Waals surface area contributed by atoms with Gasteiger partial charge in [-0.2, -0.15) is 0 Å². The minimum Gasteiger partial charge on any atom is -0.490 e. The SMILES string of the molecule is Cc1cccc(C)c1OC1CCN(Cc2cc(=O)n3c(C)csc3n2)CC1. The summed E-state index contributed by atoms with van der Waals surface area (Å²) in [5.41, 5.74) is 4.21. The first-order chi connectivity index (χ1) is 13.0. The zero-order valence-corrected chi connectivity index (χ0v) is 16.9. The summed E-state index contributed by atoms with van der Waals surface area (Å²) in [7, 11) is 0. The predicted octanol–water partition coefficient (Wildman–Crippen LogP) is 3.72. The van der Waals surface area contributed by atoms with Crippen LogP contribution in [-0.2, 0) is 6.54 Å². The van der Waals surface area contributed by atoms with Crippen LogP contribution in [0.3, 0.4) is 0 Å². The topological polar surface area (TPSA) is 46.8 Å². The van der Waals surface area contributed by atoms with Crippen LogP contribution in [0.2, 0.25) is 0 Å². The Kier molecular flexibility index (Phi) is 5.02. The number of nitrogens with zero attached hydrogens (tertiary/aromatic N) is 3. The molecule has 27 heavy (non-hydrogen) atoms. The molecule has 0 aliphatic carbocycles. The van der Waals surface area contributed by atoms with Gasteiger partial charge in [0.2, 0.25) is 0 Å². The van der Waals surface area contributed by atoms with E-state index in [4.69, 9.17) is 4.74 Å². The summed E-state index contributed by atoms with van der Waals surface area (Å²) in [5.74, 6) is 1.03. The molecule has 0 spiro atoms. The highest BCUT2D eigenvalue weighted by Gasteiger charge is 2.22. The van der Waals surface area contributed by atoms with Crippen LogP contribution >= 0.6 is 11.3 Å². The molecule has 3 aromatic rings. The molecule has 0 atom stereocenters. The number of ether oxygens (including phenoxy) is 1. The first-order valence-corrected chi connectivity index (χ1v) is 10.3. The first kappa shape index (κ1) is 18.2. The summed E-state index contributed by atoms with van der Waals surface area (Å²) in [4.78, 5) is 20.1. The van der Waals surface area contributed by atoms with E-state index in [0.29, 0.717) is 0 Å². The number of aromatic nitrogens is 2. The normalized spacial score (nSPS) is 16.1. The number of benzene rings is 1. The third-order valence-corrected chi connectivity index (χ3v) is 6.19. The van der Waals surface area contributed by atoms with Gasteiger partial charge in [-0.1, -0.05) is 18.2 Å². The third-order valence-electron chi connectivity index (χ3n) is 5.24. The van der Waals surface area contributed by atoms with Crippen molar-refractivity contribution in [2.24, 2.45) is 0 Å². The molecule has 5 nitrogen and oxygen atoms in total. The average molecular weight is 384 g/mol. The van der Waals surface area contributed by atoms with E-state index in [1.54, 1.807) is 10.5 Å². The second kappa shape index (κ2) is 7.44. The van der Waals surface area contributed by atoms with Crippen molar-refractivity contribution in [1.29, 1.82) is 0 Å². The van der Waals surface area contributed by atoms with Gasteiger partial charge in [-0.25, -0.2) is 4.98 Å². The summed E-state index contributed by atoms with van der Waals surface area (Å²) < 4.78 is 7.98. The summed E-state index contributed by atoms with van der Waals surface area (Å²) in [6, 6.07) is 7.95. The zero-order valence-electron chi connectivity index (χ0n) is 16.1. The van der Waals surface area contributed by atoms with Crippen molar-refractivity contribution >= 4 is 16.3 Å². The Bertz CT molecular complexity index is 996. The summed E-state index contributed by atoms with van der Waals surface area (Å²) in [6.07, 6.45) is 2.24. The lowest BCUT2D eigenvalue weighted by atomic mass is 10.1. The number of hydrogen-bond donors (Lipinski definition) is 0. The van der Waals surface area contributed by atoms with E-state index in [-0.39, 0.29) is 11.7 Å². The third kappa shape index (κ3) is 3.77. The maximum absolute atomic E-state index is 12.3. The van der Waals surface area contributed by atoms with E-state index in [1.165, 1.54) is 22.5 Å². The quantitative estimate of drug-likeness (QED) is 0.689. The maximum Gasteiger partial charge on any atom is 0.259 e. The van der Waals surface area contributed by atoms with Crippen LogP contribution in [-0.4, -0.2) is 33.5 Å². The van der Waals surface area contributed by atoms with E-state index in [2.05, 4.69) is 41.9 Å². The fourth-order valence-corrected chi connectivity index (χ4v) is 4.64. The lowest BCUT2D eigenvalue weighted by Gasteiger charge is -2.32. The van der Waals surface area contributed by atoms with Crippen molar-refractivity contribution in [3.05, 3.63) is 62.5 Å². The maximum atomic E-state index is 12.3. The Morgan fingerprint density at radius 2 is 1.89 bits per heavy atom. The first-order valence-electron chi connectivity index (χ1n) is 9.43. The van der Waals surface area contributed by atoms with E-state index >= 15 is 0 Å². The fourth-order valence-electron chi connectivity index (χ4n) is 3.75. The van der Waals surface area contributed by atoms with Gasteiger partial charge in [0.15, 0.2) is 4.96 Å². The van der Waals surface area contributed by atoms with Crippen LogP contribution in [0.1, 0.15) is 35.4 Å². The van der Waals surface area contributed by atoms with Gasteiger partial charge < -0.3 is 4.74 Å². The molecule has 142 valence electrons. The van der Waals surface area contributed by atoms with E-state index in [0.717, 1.165) is 54.6 Å². The lowest BCUT2D eigenvalue weighted by molar-refractivity contribution is 0.0950. The van der Waals surface area contributed by atoms with Crippen LogP contribution in [0, 0.1) is 20.8 Å². The number of hydrogen-bond acceptors (Lipinski definition) is 5. The van der Waals surface area contributed by atoms with Gasteiger partial charge in [0.1, 0.15) is 11.9 Å². The Morgan fingerprint density at radius 3 is 2.59 bits per heavy atom. The molecule has 2 aromatic heterocycles. The van der Waals surface area contributed by atoms with Gasteiger partial charge >= 0.3 is 0 Å². The van der Waals surface area contributed by atoms with E-state index in [9.17, 15) is 4.79 Å². The number of thiazole rings is 1. The van der Waals surface area contributed by atoms with E-state index in [1.807, 2.05) is 12.3 Å².